The van der Waals surface area contributed by atoms with Gasteiger partial charge in [0, 0.05) is 24.8 Å². The van der Waals surface area contributed by atoms with Crippen LogP contribution in [0.15, 0.2) is 6.07 Å². The zero-order chi connectivity index (χ0) is 14.0. The quantitative estimate of drug-likeness (QED) is 0.819. The largest absolute Gasteiger partial charge is 0.314 e. The Morgan fingerprint density at radius 1 is 1.47 bits per heavy atom. The molecule has 0 aliphatic heterocycles. The molecule has 3 nitrogen and oxygen atoms in total. The number of nitrogens with one attached hydrogen (secondary N) is 1. The third kappa shape index (κ3) is 3.59. The van der Waals surface area contributed by atoms with Crippen LogP contribution < -0.4 is 5.32 Å². The lowest BCUT2D eigenvalue weighted by Crippen LogP contribution is -2.39. The van der Waals surface area contributed by atoms with Crippen LogP contribution in [0.3, 0.4) is 0 Å². The second-order valence-electron chi connectivity index (χ2n) is 6.73. The van der Waals surface area contributed by atoms with Crippen molar-refractivity contribution < 1.29 is 0 Å². The first-order valence-corrected chi connectivity index (χ1v) is 7.71. The van der Waals surface area contributed by atoms with Crippen LogP contribution in [0, 0.1) is 18.3 Å². The van der Waals surface area contributed by atoms with E-state index in [0.29, 0.717) is 11.5 Å². The third-order valence-corrected chi connectivity index (χ3v) is 4.35. The average molecular weight is 263 g/mol. The molecule has 1 saturated carbocycles. The molecule has 0 amide bonds. The van der Waals surface area contributed by atoms with Crippen molar-refractivity contribution in [2.24, 2.45) is 11.3 Å². The van der Waals surface area contributed by atoms with Crippen molar-refractivity contribution in [2.45, 2.75) is 66.5 Å². The first-order valence-electron chi connectivity index (χ1n) is 7.71. The van der Waals surface area contributed by atoms with Crippen LogP contribution in [0.25, 0.3) is 0 Å². The van der Waals surface area contributed by atoms with Gasteiger partial charge in [0.25, 0.3) is 0 Å². The Bertz CT molecular complexity index is 418. The molecule has 1 fully saturated rings. The summed E-state index contributed by atoms with van der Waals surface area (Å²) >= 11 is 0. The van der Waals surface area contributed by atoms with Crippen LogP contribution in [0.5, 0.6) is 0 Å². The molecule has 0 spiro atoms. The molecule has 1 aliphatic rings. The Morgan fingerprint density at radius 3 is 2.68 bits per heavy atom. The molecule has 3 heteroatoms. The first-order chi connectivity index (χ1) is 8.94. The lowest BCUT2D eigenvalue weighted by Gasteiger charge is -2.31. The summed E-state index contributed by atoms with van der Waals surface area (Å²) in [7, 11) is 0. The Morgan fingerprint density at radius 2 is 2.16 bits per heavy atom. The van der Waals surface area contributed by atoms with Crippen molar-refractivity contribution in [3.05, 3.63) is 17.5 Å². The average Bonchev–Trinajstić information content (AvgIpc) is 3.13. The van der Waals surface area contributed by atoms with Gasteiger partial charge in [-0.05, 0) is 50.5 Å². The lowest BCUT2D eigenvalue weighted by molar-refractivity contribution is 0.242. The summed E-state index contributed by atoms with van der Waals surface area (Å²) in [5, 5.41) is 8.23. The molecule has 1 aromatic heterocycles. The molecule has 1 atom stereocenters. The Labute approximate surface area is 117 Å². The van der Waals surface area contributed by atoms with E-state index in [0.717, 1.165) is 31.1 Å². The summed E-state index contributed by atoms with van der Waals surface area (Å²) in [5.74, 6) is 0.888. The van der Waals surface area contributed by atoms with E-state index in [1.165, 1.54) is 18.5 Å². The SMILES string of the molecule is CCn1nc(C)cc1CC(C)(CNC(C)C)C1CC1. The molecule has 1 aromatic rings. The highest BCUT2D eigenvalue weighted by Gasteiger charge is 2.41. The topological polar surface area (TPSA) is 29.9 Å². The van der Waals surface area contributed by atoms with Gasteiger partial charge in [-0.3, -0.25) is 4.68 Å². The molecule has 0 radical (unpaired) electrons. The van der Waals surface area contributed by atoms with Crippen LogP contribution in [-0.4, -0.2) is 22.4 Å². The summed E-state index contributed by atoms with van der Waals surface area (Å²) in [4.78, 5) is 0. The highest BCUT2D eigenvalue weighted by molar-refractivity contribution is 5.13. The van der Waals surface area contributed by atoms with E-state index < -0.39 is 0 Å². The van der Waals surface area contributed by atoms with Crippen molar-refractivity contribution in [1.82, 2.24) is 15.1 Å². The Hall–Kier alpha value is -0.830. The summed E-state index contributed by atoms with van der Waals surface area (Å²) in [6, 6.07) is 2.83. The van der Waals surface area contributed by atoms with Gasteiger partial charge in [0.1, 0.15) is 0 Å². The van der Waals surface area contributed by atoms with Crippen LogP contribution >= 0.6 is 0 Å². The highest BCUT2D eigenvalue weighted by Crippen LogP contribution is 2.47. The standard InChI is InChI=1S/C16H29N3/c1-6-19-15(9-13(4)18-19)10-16(5,14-7-8-14)11-17-12(2)3/h9,12,14,17H,6-8,10-11H2,1-5H3. The van der Waals surface area contributed by atoms with Gasteiger partial charge in [0.05, 0.1) is 5.69 Å². The van der Waals surface area contributed by atoms with E-state index in [1.54, 1.807) is 0 Å². The second kappa shape index (κ2) is 5.66. The molecule has 19 heavy (non-hydrogen) atoms. The fraction of sp³-hybridized carbons (Fsp3) is 0.812. The van der Waals surface area contributed by atoms with Gasteiger partial charge in [-0.2, -0.15) is 5.10 Å². The van der Waals surface area contributed by atoms with Crippen LogP contribution in [0.4, 0.5) is 0 Å². The highest BCUT2D eigenvalue weighted by atomic mass is 15.3. The van der Waals surface area contributed by atoms with Gasteiger partial charge >= 0.3 is 0 Å². The van der Waals surface area contributed by atoms with Crippen LogP contribution in [0.2, 0.25) is 0 Å². The Kier molecular flexibility index (Phi) is 4.34. The lowest BCUT2D eigenvalue weighted by atomic mass is 9.80. The minimum atomic E-state index is 0.379. The monoisotopic (exact) mass is 263 g/mol. The fourth-order valence-corrected chi connectivity index (χ4v) is 3.00. The van der Waals surface area contributed by atoms with Crippen molar-refractivity contribution in [2.75, 3.05) is 6.54 Å². The molecule has 1 heterocycles. The molecule has 0 saturated heterocycles. The normalized spacial score (nSPS) is 18.8. The smallest absolute Gasteiger partial charge is 0.0596 e. The maximum Gasteiger partial charge on any atom is 0.0596 e. The van der Waals surface area contributed by atoms with Crippen molar-refractivity contribution in [1.29, 1.82) is 0 Å². The predicted molar refractivity (Wildman–Crippen MR) is 80.3 cm³/mol. The predicted octanol–water partition coefficient (Wildman–Crippen LogP) is 3.17. The van der Waals surface area contributed by atoms with Gasteiger partial charge in [-0.15, -0.1) is 0 Å². The van der Waals surface area contributed by atoms with E-state index >= 15 is 0 Å². The molecule has 0 bridgehead atoms. The summed E-state index contributed by atoms with van der Waals surface area (Å²) in [5.41, 5.74) is 2.93. The summed E-state index contributed by atoms with van der Waals surface area (Å²) < 4.78 is 2.17. The van der Waals surface area contributed by atoms with Gasteiger partial charge in [-0.25, -0.2) is 0 Å². The van der Waals surface area contributed by atoms with Gasteiger partial charge < -0.3 is 5.32 Å². The zero-order valence-corrected chi connectivity index (χ0v) is 13.2. The molecule has 1 unspecified atom stereocenters. The molecule has 2 rings (SSSR count). The number of hydrogen-bond acceptors (Lipinski definition) is 2. The minimum Gasteiger partial charge on any atom is -0.314 e. The molecule has 1 aliphatic carbocycles. The summed E-state index contributed by atoms with van der Waals surface area (Å²) in [6.45, 7) is 13.3. The first kappa shape index (κ1) is 14.6. The van der Waals surface area contributed by atoms with Crippen molar-refractivity contribution in [3.8, 4) is 0 Å². The third-order valence-electron chi connectivity index (χ3n) is 4.35. The van der Waals surface area contributed by atoms with Gasteiger partial charge in [0.15, 0.2) is 0 Å². The molecule has 0 aromatic carbocycles. The summed E-state index contributed by atoms with van der Waals surface area (Å²) in [6.07, 6.45) is 3.94. The zero-order valence-electron chi connectivity index (χ0n) is 13.2. The number of nitrogens with zero attached hydrogens (tertiary/aromatic N) is 2. The van der Waals surface area contributed by atoms with E-state index in [4.69, 9.17) is 0 Å². The fourth-order valence-electron chi connectivity index (χ4n) is 3.00. The van der Waals surface area contributed by atoms with Crippen LogP contribution in [-0.2, 0) is 13.0 Å². The number of hydrogen-bond donors (Lipinski definition) is 1. The van der Waals surface area contributed by atoms with Crippen molar-refractivity contribution in [3.63, 3.8) is 0 Å². The number of rotatable bonds is 7. The molecular formula is C16H29N3. The van der Waals surface area contributed by atoms with Crippen molar-refractivity contribution >= 4 is 0 Å². The molecule has 1 N–H and O–H groups in total. The number of aryl methyl sites for hydroxylation is 2. The second-order valence-corrected chi connectivity index (χ2v) is 6.73. The van der Waals surface area contributed by atoms with Gasteiger partial charge in [-0.1, -0.05) is 20.8 Å². The maximum absolute atomic E-state index is 4.58. The molecule has 108 valence electrons. The van der Waals surface area contributed by atoms with Crippen LogP contribution in [0.1, 0.15) is 51.9 Å². The van der Waals surface area contributed by atoms with E-state index in [2.05, 4.69) is 55.8 Å². The maximum atomic E-state index is 4.58. The molecular weight excluding hydrogens is 234 g/mol. The van der Waals surface area contributed by atoms with E-state index in [1.807, 2.05) is 0 Å². The van der Waals surface area contributed by atoms with Gasteiger partial charge in [0.2, 0.25) is 0 Å². The van der Waals surface area contributed by atoms with E-state index in [-0.39, 0.29) is 0 Å². The number of aromatic nitrogens is 2. The van der Waals surface area contributed by atoms with E-state index in [9.17, 15) is 0 Å². The minimum absolute atomic E-state index is 0.379. The Balaban J connectivity index is 2.11.